The third-order valence-corrected chi connectivity index (χ3v) is 0.719. The first-order chi connectivity index (χ1) is 2.56. The van der Waals surface area contributed by atoms with Crippen LogP contribution < -0.4 is 0 Å². The van der Waals surface area contributed by atoms with E-state index in [4.69, 9.17) is 2.74 Å². The number of hydrogen-bond acceptors (Lipinski definition) is 0. The van der Waals surface area contributed by atoms with Crippen LogP contribution in [-0.2, 0) is 0 Å². The molecule has 0 rings (SSSR count). The van der Waals surface area contributed by atoms with E-state index >= 15 is 0 Å². The van der Waals surface area contributed by atoms with E-state index in [9.17, 15) is 4.20 Å². The van der Waals surface area contributed by atoms with Gasteiger partial charge >= 0.3 is 0 Å². The van der Waals surface area contributed by atoms with E-state index in [0.29, 0.717) is 0 Å². The highest BCUT2D eigenvalue weighted by atomic mass is 127. The second kappa shape index (κ2) is 4.09. The number of rotatable bonds is 1. The van der Waals surface area contributed by atoms with Crippen LogP contribution >= 0.6 is 31.5 Å². The van der Waals surface area contributed by atoms with Crippen molar-refractivity contribution in [2.75, 3.05) is 4.12 Å². The fourth-order valence-corrected chi connectivity index (χ4v) is 0. The first-order valence-electron chi connectivity index (χ1n) is 1.63. The van der Waals surface area contributed by atoms with Gasteiger partial charge in [-0.1, -0.05) is 22.6 Å². The van der Waals surface area contributed by atoms with Crippen LogP contribution in [0, 0.1) is 0 Å². The summed E-state index contributed by atoms with van der Waals surface area (Å²) in [6, 6.07) is 0. The summed E-state index contributed by atoms with van der Waals surface area (Å²) in [6.07, 6.45) is 0. The molecule has 0 aromatic carbocycles. The Morgan fingerprint density at radius 1 is 3.00 bits per heavy atom. The van der Waals surface area contributed by atoms with E-state index in [1.54, 1.807) is 0 Å². The number of hydrogen-bond donors (Lipinski definition) is 0. The maximum atomic E-state index is 11.1. The standard InChI is InChI=1S/CH3FIP/c2-4-1-3/h4H,1H2/i1TD. The molecule has 3 heteroatoms. The van der Waals surface area contributed by atoms with Crippen LogP contribution in [0.3, 0.4) is 0 Å². The van der Waals surface area contributed by atoms with Crippen molar-refractivity contribution < 1.29 is 6.94 Å². The lowest BCUT2D eigenvalue weighted by Gasteiger charge is -1.62. The molecule has 2 atom stereocenters. The predicted molar refractivity (Wildman–Crippen MR) is 28.3 cm³/mol. The zero-order chi connectivity index (χ0) is 5.21. The molecular formula is CH3FIP. The van der Waals surface area contributed by atoms with E-state index in [1.165, 1.54) is 22.6 Å². The molecule has 0 N–H and O–H groups in total. The second-order valence-corrected chi connectivity index (χ2v) is 2.19. The Hall–Kier alpha value is 1.09. The van der Waals surface area contributed by atoms with Crippen molar-refractivity contribution in [3.8, 4) is 0 Å². The molecule has 0 spiro atoms. The van der Waals surface area contributed by atoms with E-state index in [0.717, 1.165) is 0 Å². The molecule has 0 fully saturated rings. The Morgan fingerprint density at radius 2 is 3.25 bits per heavy atom. The summed E-state index contributed by atoms with van der Waals surface area (Å²) in [4.78, 5) is 0. The van der Waals surface area contributed by atoms with Gasteiger partial charge < -0.3 is 0 Å². The second-order valence-electron chi connectivity index (χ2n) is 0.189. The van der Waals surface area contributed by atoms with Gasteiger partial charge in [0.2, 0.25) is 0 Å². The van der Waals surface area contributed by atoms with Gasteiger partial charge in [0, 0.05) is 6.86 Å². The molecule has 0 amide bonds. The van der Waals surface area contributed by atoms with Gasteiger partial charge in [0.05, 0.1) is 8.89 Å². The first kappa shape index (κ1) is 2.30. The fourth-order valence-electron chi connectivity index (χ4n) is 0. The van der Waals surface area contributed by atoms with Gasteiger partial charge in [-0.2, -0.15) is 0 Å². The Kier molecular flexibility index (Phi) is 2.35. The Morgan fingerprint density at radius 3 is 3.25 bits per heavy atom. The molecule has 0 aromatic rings. The van der Waals surface area contributed by atoms with Crippen LogP contribution in [-0.4, -0.2) is 4.12 Å². The van der Waals surface area contributed by atoms with Gasteiger partial charge in [0.1, 0.15) is 0 Å². The molecule has 0 aliphatic heterocycles. The van der Waals surface area contributed by atoms with Gasteiger partial charge in [-0.05, 0) is 0 Å². The predicted octanol–water partition coefficient (Wildman–Crippen LogP) is 1.94. The van der Waals surface area contributed by atoms with Crippen molar-refractivity contribution in [3.05, 3.63) is 0 Å². The van der Waals surface area contributed by atoms with Crippen molar-refractivity contribution in [1.29, 1.82) is 0 Å². The van der Waals surface area contributed by atoms with Gasteiger partial charge in [0.25, 0.3) is 0 Å². The molecular weight excluding hydrogens is 189 g/mol. The minimum Gasteiger partial charge on any atom is -0.230 e. The van der Waals surface area contributed by atoms with Gasteiger partial charge in [-0.3, -0.25) is 0 Å². The Labute approximate surface area is 43.0 Å². The van der Waals surface area contributed by atoms with Crippen LogP contribution in [0.25, 0.3) is 0 Å². The summed E-state index contributed by atoms with van der Waals surface area (Å²) in [6.45, 7) is 0. The first-order valence-corrected chi connectivity index (χ1v) is 2.58. The van der Waals surface area contributed by atoms with Crippen molar-refractivity contribution in [2.24, 2.45) is 0 Å². The molecule has 0 nitrogen and oxygen atoms in total. The summed E-state index contributed by atoms with van der Waals surface area (Å²) in [5.74, 6) is 0. The monoisotopic (exact) mass is 195 g/mol. The van der Waals surface area contributed by atoms with Gasteiger partial charge in [0.15, 0.2) is 0 Å². The molecule has 0 aliphatic rings. The van der Waals surface area contributed by atoms with Crippen molar-refractivity contribution >= 4 is 31.5 Å². The van der Waals surface area contributed by atoms with Crippen LogP contribution in [0.2, 0.25) is 0 Å². The van der Waals surface area contributed by atoms with Gasteiger partial charge in [-0.15, -0.1) is 0 Å². The molecule has 0 bridgehead atoms. The average molecular weight is 195 g/mol. The Bertz CT molecular complexity index is 43.3. The van der Waals surface area contributed by atoms with Crippen LogP contribution in [0.15, 0.2) is 0 Å². The largest absolute Gasteiger partial charge is 0.230 e. The maximum absolute atomic E-state index is 11.1. The van der Waals surface area contributed by atoms with Crippen molar-refractivity contribution in [2.45, 2.75) is 0 Å². The van der Waals surface area contributed by atoms with Crippen molar-refractivity contribution in [1.82, 2.24) is 0 Å². The quantitative estimate of drug-likeness (QED) is 0.340. The molecule has 26 valence electrons. The van der Waals surface area contributed by atoms with E-state index in [1.807, 2.05) is 0 Å². The van der Waals surface area contributed by atoms with E-state index in [2.05, 4.69) is 0 Å². The summed E-state index contributed by atoms with van der Waals surface area (Å²) in [7, 11) is -1.11. The topological polar surface area (TPSA) is 0 Å². The SMILES string of the molecule is [2H]C([3H])(I)PF. The smallest absolute Gasteiger partial charge is 0.0770 e. The summed E-state index contributed by atoms with van der Waals surface area (Å²) in [5.41, 5.74) is 0. The minimum atomic E-state index is -1.63. The van der Waals surface area contributed by atoms with Crippen molar-refractivity contribution in [3.63, 3.8) is 0 Å². The third kappa shape index (κ3) is 3.09. The Balaban J connectivity index is 3.17. The average Bonchev–Trinajstić information content (AvgIpc) is 1.35. The van der Waals surface area contributed by atoms with E-state index < -0.39 is 13.0 Å². The van der Waals surface area contributed by atoms with Crippen LogP contribution in [0.4, 0.5) is 4.20 Å². The zero-order valence-corrected chi connectivity index (χ0v) is 4.91. The summed E-state index contributed by atoms with van der Waals surface area (Å²) < 4.78 is 22.5. The molecule has 4 heavy (non-hydrogen) atoms. The fraction of sp³-hybridized carbons (Fsp3) is 1.00. The number of halogens is 2. The van der Waals surface area contributed by atoms with Crippen LogP contribution in [0.1, 0.15) is 2.74 Å². The normalized spacial score (nSPS) is 33.5. The maximum Gasteiger partial charge on any atom is 0.0770 e. The molecule has 0 aromatic heterocycles. The molecule has 2 unspecified atom stereocenters. The highest BCUT2D eigenvalue weighted by molar-refractivity contribution is 14.1. The summed E-state index contributed by atoms with van der Waals surface area (Å²) in [5, 5.41) is 0. The molecule has 0 aliphatic carbocycles. The van der Waals surface area contributed by atoms with Crippen LogP contribution in [0.5, 0.6) is 0 Å². The molecule has 0 heterocycles. The summed E-state index contributed by atoms with van der Waals surface area (Å²) >= 11 is 1.41. The lowest BCUT2D eigenvalue weighted by Crippen LogP contribution is -1.30. The lowest BCUT2D eigenvalue weighted by atomic mass is 11.9. The molecule has 0 radical (unpaired) electrons. The van der Waals surface area contributed by atoms with Gasteiger partial charge in [-0.25, -0.2) is 4.20 Å². The zero-order valence-electron chi connectivity index (χ0n) is 3.76. The number of alkyl halides is 1. The minimum absolute atomic E-state index is 1.11. The highest BCUT2D eigenvalue weighted by Crippen LogP contribution is 2.12. The third-order valence-electron chi connectivity index (χ3n) is 0.0357. The molecule has 0 saturated heterocycles. The van der Waals surface area contributed by atoms with E-state index in [-0.39, 0.29) is 0 Å². The molecule has 0 saturated carbocycles. The lowest BCUT2D eigenvalue weighted by molar-refractivity contribution is 0.924. The highest BCUT2D eigenvalue weighted by Gasteiger charge is 1.63.